The first kappa shape index (κ1) is 75.6. The number of carbonyl (C=O) groups excluding carboxylic acids is 2. The highest BCUT2D eigenvalue weighted by Crippen LogP contribution is 2.19. The van der Waals surface area contributed by atoms with Crippen LogP contribution in [0.3, 0.4) is 0 Å². The Morgan fingerprint density at radius 1 is 0.351 bits per heavy atom. The lowest BCUT2D eigenvalue weighted by molar-refractivity contribution is -0.143. The summed E-state index contributed by atoms with van der Waals surface area (Å²) in [6.07, 6.45) is 82.7. The van der Waals surface area contributed by atoms with E-state index in [9.17, 15) is 19.8 Å². The van der Waals surface area contributed by atoms with Crippen molar-refractivity contribution in [2.24, 2.45) is 0 Å². The molecule has 0 rings (SSSR count). The van der Waals surface area contributed by atoms with Crippen molar-refractivity contribution in [1.29, 1.82) is 0 Å². The fourth-order valence-electron chi connectivity index (χ4n) is 11.4. The number of esters is 1. The topological polar surface area (TPSA) is 95.9 Å². The highest BCUT2D eigenvalue weighted by atomic mass is 16.5. The maximum absolute atomic E-state index is 12.5. The van der Waals surface area contributed by atoms with Crippen molar-refractivity contribution >= 4 is 11.9 Å². The third-order valence-corrected chi connectivity index (χ3v) is 16.8. The monoisotopic (exact) mass is 1090 g/mol. The summed E-state index contributed by atoms with van der Waals surface area (Å²) in [7, 11) is 0. The van der Waals surface area contributed by atoms with Crippen LogP contribution in [0, 0.1) is 0 Å². The van der Waals surface area contributed by atoms with Crippen molar-refractivity contribution in [1.82, 2.24) is 5.32 Å². The van der Waals surface area contributed by atoms with E-state index in [0.29, 0.717) is 25.9 Å². The molecule has 0 aliphatic rings. The van der Waals surface area contributed by atoms with E-state index in [0.717, 1.165) is 44.9 Å². The summed E-state index contributed by atoms with van der Waals surface area (Å²) in [6, 6.07) is -0.537. The fraction of sp³-hybridized carbons (Fsp3) is 0.944. The van der Waals surface area contributed by atoms with Gasteiger partial charge in [0.15, 0.2) is 0 Å². The van der Waals surface area contributed by atoms with Gasteiger partial charge in [-0.3, -0.25) is 9.59 Å². The molecule has 2 unspecified atom stereocenters. The molecule has 0 spiro atoms. The van der Waals surface area contributed by atoms with Crippen LogP contribution in [0.1, 0.15) is 406 Å². The van der Waals surface area contributed by atoms with Crippen molar-refractivity contribution in [2.45, 2.75) is 418 Å². The second kappa shape index (κ2) is 67.1. The van der Waals surface area contributed by atoms with Crippen LogP contribution in [0.5, 0.6) is 0 Å². The molecule has 0 radical (unpaired) electrons. The summed E-state index contributed by atoms with van der Waals surface area (Å²) in [5, 5.41) is 23.3. The van der Waals surface area contributed by atoms with Gasteiger partial charge in [0.25, 0.3) is 0 Å². The summed E-state index contributed by atoms with van der Waals surface area (Å²) < 4.78 is 5.48. The number of hydrogen-bond donors (Lipinski definition) is 3. The van der Waals surface area contributed by atoms with Crippen LogP contribution >= 0.6 is 0 Å². The summed E-state index contributed by atoms with van der Waals surface area (Å²) >= 11 is 0. The van der Waals surface area contributed by atoms with Crippen LogP contribution in [0.2, 0.25) is 0 Å². The van der Waals surface area contributed by atoms with Crippen LogP contribution in [0.4, 0.5) is 0 Å². The highest BCUT2D eigenvalue weighted by Gasteiger charge is 2.20. The lowest BCUT2D eigenvalue weighted by Gasteiger charge is -2.22. The standard InChI is InChI=1S/C71H139NO5/c1-3-5-7-9-11-13-15-17-36-40-43-47-51-55-59-63-69(74)68(67-73)72-70(75)64-60-56-52-48-44-41-37-34-32-30-28-26-24-22-20-18-19-21-23-25-27-29-31-33-35-38-42-46-50-54-58-62-66-77-71(76)65-61-57-53-49-45-39-16-14-12-10-8-6-4-2/h14,16,68-69,73-74H,3-13,15,17-67H2,1-2H3,(H,72,75)/b16-14-. The van der Waals surface area contributed by atoms with Crippen LogP contribution in [0.15, 0.2) is 12.2 Å². The minimum atomic E-state index is -0.660. The van der Waals surface area contributed by atoms with E-state index in [1.165, 1.54) is 327 Å². The summed E-state index contributed by atoms with van der Waals surface area (Å²) in [5.41, 5.74) is 0. The predicted octanol–water partition coefficient (Wildman–Crippen LogP) is 22.8. The number of allylic oxidation sites excluding steroid dienone is 2. The number of aliphatic hydroxyl groups excluding tert-OH is 2. The van der Waals surface area contributed by atoms with E-state index in [4.69, 9.17) is 4.74 Å². The van der Waals surface area contributed by atoms with Gasteiger partial charge >= 0.3 is 5.97 Å². The molecule has 6 nitrogen and oxygen atoms in total. The summed E-state index contributed by atoms with van der Waals surface area (Å²) in [5.74, 6) is -0.0144. The molecule has 0 bridgehead atoms. The molecule has 0 aliphatic heterocycles. The van der Waals surface area contributed by atoms with E-state index < -0.39 is 12.1 Å². The van der Waals surface area contributed by atoms with Crippen molar-refractivity contribution < 1.29 is 24.5 Å². The first-order valence-corrected chi connectivity index (χ1v) is 35.4. The minimum absolute atomic E-state index is 0.0127. The van der Waals surface area contributed by atoms with Gasteiger partial charge in [-0.2, -0.15) is 0 Å². The smallest absolute Gasteiger partial charge is 0.305 e. The zero-order chi connectivity index (χ0) is 55.7. The molecule has 0 aromatic rings. The average molecular weight is 1090 g/mol. The molecule has 0 aromatic heterocycles. The Morgan fingerprint density at radius 2 is 0.610 bits per heavy atom. The van der Waals surface area contributed by atoms with Crippen LogP contribution in [-0.4, -0.2) is 47.4 Å². The van der Waals surface area contributed by atoms with E-state index in [1.807, 2.05) is 0 Å². The molecule has 0 aliphatic carbocycles. The number of nitrogens with one attached hydrogen (secondary N) is 1. The normalized spacial score (nSPS) is 12.5. The van der Waals surface area contributed by atoms with Gasteiger partial charge in [-0.25, -0.2) is 0 Å². The number of rotatable bonds is 67. The second-order valence-electron chi connectivity index (χ2n) is 24.6. The Balaban J connectivity index is 3.31. The van der Waals surface area contributed by atoms with Gasteiger partial charge in [0.05, 0.1) is 25.4 Å². The van der Waals surface area contributed by atoms with Gasteiger partial charge in [-0.15, -0.1) is 0 Å². The van der Waals surface area contributed by atoms with Gasteiger partial charge < -0.3 is 20.3 Å². The van der Waals surface area contributed by atoms with Crippen LogP contribution in [0.25, 0.3) is 0 Å². The van der Waals surface area contributed by atoms with E-state index >= 15 is 0 Å². The predicted molar refractivity (Wildman–Crippen MR) is 338 cm³/mol. The quantitative estimate of drug-likeness (QED) is 0.0320. The fourth-order valence-corrected chi connectivity index (χ4v) is 11.4. The largest absolute Gasteiger partial charge is 0.466 e. The second-order valence-corrected chi connectivity index (χ2v) is 24.6. The van der Waals surface area contributed by atoms with E-state index in [1.54, 1.807) is 0 Å². The molecule has 77 heavy (non-hydrogen) atoms. The van der Waals surface area contributed by atoms with Gasteiger partial charge in [0, 0.05) is 12.8 Å². The molecular weight excluding hydrogens is 947 g/mol. The molecule has 0 aromatic carbocycles. The number of amides is 1. The number of ether oxygens (including phenoxy) is 1. The first-order valence-electron chi connectivity index (χ1n) is 35.4. The Morgan fingerprint density at radius 3 is 0.935 bits per heavy atom. The highest BCUT2D eigenvalue weighted by molar-refractivity contribution is 5.76. The third kappa shape index (κ3) is 63.6. The third-order valence-electron chi connectivity index (χ3n) is 16.8. The number of hydrogen-bond acceptors (Lipinski definition) is 5. The summed E-state index contributed by atoms with van der Waals surface area (Å²) in [4.78, 5) is 24.5. The minimum Gasteiger partial charge on any atom is -0.466 e. The van der Waals surface area contributed by atoms with Crippen molar-refractivity contribution in [3.05, 3.63) is 12.2 Å². The molecule has 6 heteroatoms. The number of aliphatic hydroxyl groups is 2. The number of carbonyl (C=O) groups is 2. The Bertz CT molecular complexity index is 1160. The molecule has 0 heterocycles. The Kier molecular flexibility index (Phi) is 65.9. The zero-order valence-corrected chi connectivity index (χ0v) is 52.5. The maximum atomic E-state index is 12.5. The first-order chi connectivity index (χ1) is 38.0. The van der Waals surface area contributed by atoms with Crippen molar-refractivity contribution in [2.75, 3.05) is 13.2 Å². The lowest BCUT2D eigenvalue weighted by atomic mass is 10.0. The Hall–Kier alpha value is -1.40. The van der Waals surface area contributed by atoms with Gasteiger partial charge in [0.2, 0.25) is 5.91 Å². The van der Waals surface area contributed by atoms with Gasteiger partial charge in [0.1, 0.15) is 0 Å². The van der Waals surface area contributed by atoms with Crippen LogP contribution < -0.4 is 5.32 Å². The lowest BCUT2D eigenvalue weighted by Crippen LogP contribution is -2.45. The number of unbranched alkanes of at least 4 members (excludes halogenated alkanes) is 54. The molecule has 0 fully saturated rings. The van der Waals surface area contributed by atoms with E-state index in [2.05, 4.69) is 31.3 Å². The molecular formula is C71H139NO5. The molecule has 0 saturated heterocycles. The molecule has 1 amide bonds. The molecule has 458 valence electrons. The Labute approximate surface area is 482 Å². The van der Waals surface area contributed by atoms with E-state index in [-0.39, 0.29) is 18.5 Å². The summed E-state index contributed by atoms with van der Waals surface area (Å²) in [6.45, 7) is 4.97. The van der Waals surface area contributed by atoms with Crippen molar-refractivity contribution in [3.63, 3.8) is 0 Å². The zero-order valence-electron chi connectivity index (χ0n) is 52.5. The van der Waals surface area contributed by atoms with Crippen LogP contribution in [-0.2, 0) is 14.3 Å². The van der Waals surface area contributed by atoms with Gasteiger partial charge in [-0.1, -0.05) is 353 Å². The molecule has 2 atom stereocenters. The molecule has 0 saturated carbocycles. The average Bonchev–Trinajstić information content (AvgIpc) is 3.43. The van der Waals surface area contributed by atoms with Crippen molar-refractivity contribution in [3.8, 4) is 0 Å². The maximum Gasteiger partial charge on any atom is 0.305 e. The molecule has 3 N–H and O–H groups in total. The van der Waals surface area contributed by atoms with Gasteiger partial charge in [-0.05, 0) is 51.4 Å². The SMILES string of the molecule is CCCCCC/C=C\CCCCCCCC(=O)OCCCCCCCCCCCCCCCCCCCCCCCCCCCCCCCCCCC(=O)NC(CO)C(O)CCCCCCCCCCCCCCCCC.